The second kappa shape index (κ2) is 11.1. The van der Waals surface area contributed by atoms with Crippen molar-refractivity contribution in [3.05, 3.63) is 83.5 Å². The molecule has 0 radical (unpaired) electrons. The second-order valence-electron chi connectivity index (χ2n) is 10.4. The molecule has 0 saturated heterocycles. The molecule has 206 valence electrons. The van der Waals surface area contributed by atoms with Gasteiger partial charge in [0.2, 0.25) is 10.0 Å². The molecule has 10 heteroatoms. The standard InChI is InChI=1S/C28H33F4N3O2S/c1-7-35(38(36,37)26-22(31)12-9-13-23(26)32)17-28(5)15-14-19(27(28,3)4)18(2)16-24(34-33-6)25-20(29)10-8-11-21(25)30/h8-13,16,19H,2,7,14-15,17H2,1,3-6H3/b24-16-,34-33-/t19-,28?/m0/s1. The van der Waals surface area contributed by atoms with Gasteiger partial charge in [-0.15, -0.1) is 0 Å². The van der Waals surface area contributed by atoms with E-state index in [2.05, 4.69) is 16.8 Å². The summed E-state index contributed by atoms with van der Waals surface area (Å²) in [6.07, 6.45) is 2.71. The van der Waals surface area contributed by atoms with Gasteiger partial charge in [-0.2, -0.15) is 14.5 Å². The van der Waals surface area contributed by atoms with Crippen LogP contribution in [0.2, 0.25) is 0 Å². The van der Waals surface area contributed by atoms with Crippen LogP contribution in [0.25, 0.3) is 5.70 Å². The van der Waals surface area contributed by atoms with Crippen molar-refractivity contribution in [1.82, 2.24) is 4.31 Å². The van der Waals surface area contributed by atoms with Crippen LogP contribution in [0.4, 0.5) is 17.6 Å². The number of allylic oxidation sites excluding steroid dienone is 2. The summed E-state index contributed by atoms with van der Waals surface area (Å²) in [7, 11) is -3.07. The number of hydrogen-bond acceptors (Lipinski definition) is 4. The molecule has 2 atom stereocenters. The highest BCUT2D eigenvalue weighted by molar-refractivity contribution is 7.89. The van der Waals surface area contributed by atoms with Gasteiger partial charge in [-0.3, -0.25) is 0 Å². The van der Waals surface area contributed by atoms with E-state index in [4.69, 9.17) is 0 Å². The lowest BCUT2D eigenvalue weighted by molar-refractivity contribution is 0.0802. The highest BCUT2D eigenvalue weighted by Gasteiger charge is 2.53. The van der Waals surface area contributed by atoms with Crippen molar-refractivity contribution in [1.29, 1.82) is 0 Å². The number of sulfonamides is 1. The molecular weight excluding hydrogens is 518 g/mol. The molecule has 0 bridgehead atoms. The zero-order valence-corrected chi connectivity index (χ0v) is 23.0. The first-order valence-electron chi connectivity index (χ1n) is 12.3. The highest BCUT2D eigenvalue weighted by Crippen LogP contribution is 2.58. The summed E-state index contributed by atoms with van der Waals surface area (Å²) in [6, 6.07) is 6.48. The van der Waals surface area contributed by atoms with Crippen LogP contribution in [0, 0.1) is 40.0 Å². The predicted octanol–water partition coefficient (Wildman–Crippen LogP) is 7.38. The molecule has 2 aromatic carbocycles. The summed E-state index contributed by atoms with van der Waals surface area (Å²) in [5.74, 6) is -4.05. The SMILES string of the molecule is C=C(/C=C(\N=N/C)c1c(F)cccc1F)[C@@H]1CCC(C)(CN(CC)S(=O)(=O)c2c(F)cccc2F)C1(C)C. The van der Waals surface area contributed by atoms with Gasteiger partial charge in [-0.05, 0) is 65.5 Å². The van der Waals surface area contributed by atoms with E-state index in [1.54, 1.807) is 6.92 Å². The van der Waals surface area contributed by atoms with E-state index in [0.717, 1.165) is 34.6 Å². The topological polar surface area (TPSA) is 62.1 Å². The normalized spacial score (nSPS) is 21.9. The minimum absolute atomic E-state index is 0.00899. The van der Waals surface area contributed by atoms with Crippen LogP contribution < -0.4 is 0 Å². The largest absolute Gasteiger partial charge is 0.248 e. The zero-order valence-electron chi connectivity index (χ0n) is 22.2. The van der Waals surface area contributed by atoms with Crippen molar-refractivity contribution < 1.29 is 26.0 Å². The van der Waals surface area contributed by atoms with Gasteiger partial charge in [0.05, 0.1) is 11.3 Å². The fourth-order valence-electron chi connectivity index (χ4n) is 5.39. The van der Waals surface area contributed by atoms with E-state index >= 15 is 0 Å². The van der Waals surface area contributed by atoms with Crippen LogP contribution in [-0.2, 0) is 10.0 Å². The van der Waals surface area contributed by atoms with E-state index in [1.165, 1.54) is 19.2 Å². The fraction of sp³-hybridized carbons (Fsp3) is 0.429. The zero-order chi connectivity index (χ0) is 28.5. The Morgan fingerprint density at radius 3 is 2.08 bits per heavy atom. The Bertz CT molecular complexity index is 1350. The first kappa shape index (κ1) is 29.7. The third-order valence-electron chi connectivity index (χ3n) is 8.00. The third kappa shape index (κ3) is 5.33. The van der Waals surface area contributed by atoms with E-state index in [-0.39, 0.29) is 30.3 Å². The van der Waals surface area contributed by atoms with Crippen LogP contribution in [0.1, 0.15) is 46.1 Å². The van der Waals surface area contributed by atoms with E-state index in [1.807, 2.05) is 20.8 Å². The van der Waals surface area contributed by atoms with Gasteiger partial charge in [0.1, 0.15) is 23.3 Å². The van der Waals surface area contributed by atoms with Crippen LogP contribution in [0.15, 0.2) is 69.8 Å². The summed E-state index contributed by atoms with van der Waals surface area (Å²) in [5, 5.41) is 7.65. The highest BCUT2D eigenvalue weighted by atomic mass is 32.2. The lowest BCUT2D eigenvalue weighted by Gasteiger charge is -2.44. The first-order valence-corrected chi connectivity index (χ1v) is 13.7. The summed E-state index contributed by atoms with van der Waals surface area (Å²) < 4.78 is 85.6. The Labute approximate surface area is 222 Å². The average Bonchev–Trinajstić information content (AvgIpc) is 3.05. The fourth-order valence-corrected chi connectivity index (χ4v) is 7.07. The Hall–Kier alpha value is -2.85. The molecule has 1 saturated carbocycles. The van der Waals surface area contributed by atoms with Gasteiger partial charge in [-0.1, -0.05) is 46.4 Å². The summed E-state index contributed by atoms with van der Waals surface area (Å²) in [5.41, 5.74) is -0.929. The Morgan fingerprint density at radius 1 is 1.05 bits per heavy atom. The first-order chi connectivity index (χ1) is 17.7. The molecule has 38 heavy (non-hydrogen) atoms. The molecule has 0 spiro atoms. The minimum Gasteiger partial charge on any atom is -0.207 e. The monoisotopic (exact) mass is 551 g/mol. The van der Waals surface area contributed by atoms with Gasteiger partial charge in [0.25, 0.3) is 0 Å². The second-order valence-corrected chi connectivity index (χ2v) is 12.2. The lowest BCUT2D eigenvalue weighted by Crippen LogP contribution is -2.46. The van der Waals surface area contributed by atoms with Gasteiger partial charge < -0.3 is 0 Å². The smallest absolute Gasteiger partial charge is 0.207 e. The molecule has 1 unspecified atom stereocenters. The quantitative estimate of drug-likeness (QED) is 0.186. The van der Waals surface area contributed by atoms with E-state index in [0.29, 0.717) is 18.4 Å². The van der Waals surface area contributed by atoms with Gasteiger partial charge >= 0.3 is 0 Å². The van der Waals surface area contributed by atoms with Crippen molar-refractivity contribution in [2.75, 3.05) is 20.1 Å². The number of benzene rings is 2. The van der Waals surface area contributed by atoms with Crippen molar-refractivity contribution in [3.63, 3.8) is 0 Å². The van der Waals surface area contributed by atoms with Crippen molar-refractivity contribution >= 4 is 15.7 Å². The predicted molar refractivity (Wildman–Crippen MR) is 140 cm³/mol. The number of halogens is 4. The van der Waals surface area contributed by atoms with Crippen LogP contribution >= 0.6 is 0 Å². The molecule has 5 nitrogen and oxygen atoms in total. The molecule has 3 rings (SSSR count). The van der Waals surface area contributed by atoms with E-state index < -0.39 is 49.0 Å². The summed E-state index contributed by atoms with van der Waals surface area (Å²) in [6.45, 7) is 11.7. The van der Waals surface area contributed by atoms with Crippen LogP contribution in [0.5, 0.6) is 0 Å². The molecular formula is C28H33F4N3O2S. The molecule has 0 N–H and O–H groups in total. The number of hydrogen-bond donors (Lipinski definition) is 0. The number of nitrogens with zero attached hydrogens (tertiary/aromatic N) is 3. The maximum Gasteiger partial charge on any atom is 0.248 e. The molecule has 1 aliphatic rings. The van der Waals surface area contributed by atoms with Crippen LogP contribution in [0.3, 0.4) is 0 Å². The van der Waals surface area contributed by atoms with Crippen molar-refractivity contribution in [2.45, 2.75) is 45.4 Å². The van der Waals surface area contributed by atoms with Gasteiger partial charge in [0, 0.05) is 20.1 Å². The average molecular weight is 552 g/mol. The van der Waals surface area contributed by atoms with Crippen LogP contribution in [-0.4, -0.2) is 32.9 Å². The van der Waals surface area contributed by atoms with Crippen molar-refractivity contribution in [3.8, 4) is 0 Å². The molecule has 2 aromatic rings. The minimum atomic E-state index is -4.46. The Morgan fingerprint density at radius 2 is 1.58 bits per heavy atom. The molecule has 0 amide bonds. The Kier molecular flexibility index (Phi) is 8.67. The maximum atomic E-state index is 14.5. The third-order valence-corrected chi connectivity index (χ3v) is 9.98. The summed E-state index contributed by atoms with van der Waals surface area (Å²) in [4.78, 5) is -0.966. The molecule has 0 aliphatic heterocycles. The summed E-state index contributed by atoms with van der Waals surface area (Å²) >= 11 is 0. The maximum absolute atomic E-state index is 14.5. The molecule has 1 fully saturated rings. The lowest BCUT2D eigenvalue weighted by atomic mass is 9.64. The number of azo groups is 1. The van der Waals surface area contributed by atoms with E-state index in [9.17, 15) is 26.0 Å². The molecule has 1 aliphatic carbocycles. The molecule has 0 heterocycles. The van der Waals surface area contributed by atoms with Gasteiger partial charge in [0.15, 0.2) is 4.90 Å². The Balaban J connectivity index is 1.95. The number of rotatable bonds is 9. The molecule has 0 aromatic heterocycles. The van der Waals surface area contributed by atoms with Gasteiger partial charge in [-0.25, -0.2) is 26.0 Å². The van der Waals surface area contributed by atoms with Crippen molar-refractivity contribution in [2.24, 2.45) is 27.0 Å².